The van der Waals surface area contributed by atoms with Gasteiger partial charge < -0.3 is 4.98 Å². The van der Waals surface area contributed by atoms with Crippen molar-refractivity contribution in [1.82, 2.24) is 14.9 Å². The van der Waals surface area contributed by atoms with Gasteiger partial charge in [-0.2, -0.15) is 0 Å². The maximum Gasteiger partial charge on any atom is 0.0706 e. The van der Waals surface area contributed by atoms with Gasteiger partial charge >= 0.3 is 0 Å². The maximum atomic E-state index is 4.90. The van der Waals surface area contributed by atoms with Crippen molar-refractivity contribution >= 4 is 21.8 Å². The monoisotopic (exact) mass is 327 g/mol. The van der Waals surface area contributed by atoms with E-state index in [9.17, 15) is 0 Å². The number of hydrogen-bond acceptors (Lipinski definition) is 2. The Morgan fingerprint density at radius 1 is 1.00 bits per heavy atom. The summed E-state index contributed by atoms with van der Waals surface area (Å²) in [6, 6.07) is 21.6. The molecule has 1 aliphatic rings. The Morgan fingerprint density at radius 2 is 1.84 bits per heavy atom. The fourth-order valence-corrected chi connectivity index (χ4v) is 4.05. The fourth-order valence-electron chi connectivity index (χ4n) is 4.05. The molecule has 0 fully saturated rings. The number of rotatable bonds is 2. The molecule has 3 nitrogen and oxygen atoms in total. The predicted octanol–water partition coefficient (Wildman–Crippen LogP) is 4.84. The van der Waals surface area contributed by atoms with Gasteiger partial charge in [-0.25, -0.2) is 0 Å². The summed E-state index contributed by atoms with van der Waals surface area (Å²) in [6.07, 6.45) is 1.09. The van der Waals surface area contributed by atoms with Crippen molar-refractivity contribution < 1.29 is 0 Å². The number of para-hydroxylation sites is 2. The lowest BCUT2D eigenvalue weighted by atomic mass is 10.0. The van der Waals surface area contributed by atoms with Crippen LogP contribution >= 0.6 is 0 Å². The molecule has 5 rings (SSSR count). The van der Waals surface area contributed by atoms with Gasteiger partial charge in [0.2, 0.25) is 0 Å². The van der Waals surface area contributed by atoms with Gasteiger partial charge in [-0.05, 0) is 37.1 Å². The number of nitrogens with zero attached hydrogens (tertiary/aromatic N) is 2. The zero-order valence-electron chi connectivity index (χ0n) is 14.4. The molecule has 3 heterocycles. The Balaban J connectivity index is 1.46. The van der Waals surface area contributed by atoms with Gasteiger partial charge in [0.15, 0.2) is 0 Å². The van der Waals surface area contributed by atoms with E-state index in [1.807, 2.05) is 0 Å². The second-order valence-corrected chi connectivity index (χ2v) is 6.95. The van der Waals surface area contributed by atoms with Crippen LogP contribution in [0.2, 0.25) is 0 Å². The smallest absolute Gasteiger partial charge is 0.0706 e. The van der Waals surface area contributed by atoms with Gasteiger partial charge in [0.05, 0.1) is 11.2 Å². The van der Waals surface area contributed by atoms with Crippen molar-refractivity contribution in [2.45, 2.75) is 25.9 Å². The van der Waals surface area contributed by atoms with Crippen LogP contribution in [0.4, 0.5) is 0 Å². The first-order valence-electron chi connectivity index (χ1n) is 8.98. The Labute approximate surface area is 147 Å². The van der Waals surface area contributed by atoms with Crippen molar-refractivity contribution in [2.75, 3.05) is 6.54 Å². The topological polar surface area (TPSA) is 31.9 Å². The van der Waals surface area contributed by atoms with E-state index in [2.05, 4.69) is 77.5 Å². The van der Waals surface area contributed by atoms with Crippen LogP contribution < -0.4 is 0 Å². The summed E-state index contributed by atoms with van der Waals surface area (Å²) in [5, 5.41) is 2.59. The van der Waals surface area contributed by atoms with E-state index in [0.717, 1.165) is 30.7 Å². The maximum absolute atomic E-state index is 4.90. The summed E-state index contributed by atoms with van der Waals surface area (Å²) in [4.78, 5) is 11.0. The minimum Gasteiger partial charge on any atom is -0.357 e. The minimum atomic E-state index is 0.309. The molecule has 0 radical (unpaired) electrons. The molecular formula is C22H21N3. The largest absolute Gasteiger partial charge is 0.357 e. The third-order valence-corrected chi connectivity index (χ3v) is 5.51. The standard InChI is InChI=1S/C22H21N3/c1-15(19-11-10-16-6-2-4-8-20(16)23-19)25-13-12-18-17-7-3-5-9-21(17)24-22(18)14-25/h2-11,15,24H,12-14H2,1H3. The molecule has 2 aromatic heterocycles. The summed E-state index contributed by atoms with van der Waals surface area (Å²) in [5.41, 5.74) is 6.34. The second-order valence-electron chi connectivity index (χ2n) is 6.95. The number of fused-ring (bicyclic) bond motifs is 4. The molecule has 0 saturated heterocycles. The van der Waals surface area contributed by atoms with E-state index in [4.69, 9.17) is 4.98 Å². The molecule has 1 aliphatic heterocycles. The Morgan fingerprint density at radius 3 is 2.80 bits per heavy atom. The molecule has 0 amide bonds. The summed E-state index contributed by atoms with van der Waals surface area (Å²) >= 11 is 0. The summed E-state index contributed by atoms with van der Waals surface area (Å²) in [6.45, 7) is 4.30. The molecule has 0 aliphatic carbocycles. The van der Waals surface area contributed by atoms with E-state index >= 15 is 0 Å². The third-order valence-electron chi connectivity index (χ3n) is 5.51. The normalized spacial score (nSPS) is 16.2. The molecular weight excluding hydrogens is 306 g/mol. The number of aromatic nitrogens is 2. The molecule has 0 bridgehead atoms. The average molecular weight is 327 g/mol. The Bertz CT molecular complexity index is 1060. The molecule has 0 saturated carbocycles. The van der Waals surface area contributed by atoms with Crippen LogP contribution in [0.15, 0.2) is 60.7 Å². The zero-order valence-corrected chi connectivity index (χ0v) is 14.4. The highest BCUT2D eigenvalue weighted by Gasteiger charge is 2.25. The summed E-state index contributed by atoms with van der Waals surface area (Å²) < 4.78 is 0. The highest BCUT2D eigenvalue weighted by atomic mass is 15.2. The molecule has 1 unspecified atom stereocenters. The SMILES string of the molecule is CC(c1ccc2ccccc2n1)N1CCc2c([nH]c3ccccc23)C1. The average Bonchev–Trinajstić information content (AvgIpc) is 3.04. The van der Waals surface area contributed by atoms with E-state index in [1.165, 1.54) is 27.5 Å². The van der Waals surface area contributed by atoms with Gasteiger partial charge in [0, 0.05) is 41.1 Å². The number of hydrogen-bond donors (Lipinski definition) is 1. The van der Waals surface area contributed by atoms with Crippen molar-refractivity contribution in [1.29, 1.82) is 0 Å². The van der Waals surface area contributed by atoms with Gasteiger partial charge in [-0.3, -0.25) is 9.88 Å². The lowest BCUT2D eigenvalue weighted by Crippen LogP contribution is -2.33. The molecule has 2 aromatic carbocycles. The second kappa shape index (κ2) is 5.71. The van der Waals surface area contributed by atoms with Crippen LogP contribution in [0.5, 0.6) is 0 Å². The molecule has 124 valence electrons. The van der Waals surface area contributed by atoms with E-state index in [0.29, 0.717) is 6.04 Å². The van der Waals surface area contributed by atoms with Crippen molar-refractivity contribution in [2.24, 2.45) is 0 Å². The zero-order chi connectivity index (χ0) is 16.8. The van der Waals surface area contributed by atoms with Crippen LogP contribution in [0.25, 0.3) is 21.8 Å². The lowest BCUT2D eigenvalue weighted by Gasteiger charge is -2.32. The predicted molar refractivity (Wildman–Crippen MR) is 103 cm³/mol. The first kappa shape index (κ1) is 14.7. The van der Waals surface area contributed by atoms with Crippen molar-refractivity contribution in [3.63, 3.8) is 0 Å². The highest BCUT2D eigenvalue weighted by Crippen LogP contribution is 2.31. The molecule has 25 heavy (non-hydrogen) atoms. The summed E-state index contributed by atoms with van der Waals surface area (Å²) in [7, 11) is 0. The number of aromatic amines is 1. The first-order chi connectivity index (χ1) is 12.3. The fraction of sp³-hybridized carbons (Fsp3) is 0.227. The Kier molecular flexibility index (Phi) is 3.35. The first-order valence-corrected chi connectivity index (χ1v) is 8.98. The number of benzene rings is 2. The van der Waals surface area contributed by atoms with E-state index < -0.39 is 0 Å². The van der Waals surface area contributed by atoms with Gasteiger partial charge in [-0.15, -0.1) is 0 Å². The molecule has 0 spiro atoms. The molecule has 1 atom stereocenters. The number of pyridine rings is 1. The minimum absolute atomic E-state index is 0.309. The van der Waals surface area contributed by atoms with Crippen LogP contribution in [0.3, 0.4) is 0 Å². The van der Waals surface area contributed by atoms with Crippen LogP contribution in [0.1, 0.15) is 29.9 Å². The van der Waals surface area contributed by atoms with Crippen molar-refractivity contribution in [3.05, 3.63) is 77.6 Å². The molecule has 4 aromatic rings. The Hall–Kier alpha value is -2.65. The quantitative estimate of drug-likeness (QED) is 0.571. The number of nitrogens with one attached hydrogen (secondary N) is 1. The van der Waals surface area contributed by atoms with Crippen molar-refractivity contribution in [3.8, 4) is 0 Å². The third kappa shape index (κ3) is 2.43. The summed E-state index contributed by atoms with van der Waals surface area (Å²) in [5.74, 6) is 0. The van der Waals surface area contributed by atoms with E-state index in [1.54, 1.807) is 0 Å². The van der Waals surface area contributed by atoms with Crippen LogP contribution in [0, 0.1) is 0 Å². The van der Waals surface area contributed by atoms with E-state index in [-0.39, 0.29) is 0 Å². The molecule has 1 N–H and O–H groups in total. The van der Waals surface area contributed by atoms with Crippen LogP contribution in [-0.4, -0.2) is 21.4 Å². The molecule has 3 heteroatoms. The number of H-pyrrole nitrogens is 1. The van der Waals surface area contributed by atoms with Gasteiger partial charge in [0.1, 0.15) is 0 Å². The lowest BCUT2D eigenvalue weighted by molar-refractivity contribution is 0.187. The van der Waals surface area contributed by atoms with Gasteiger partial charge in [-0.1, -0.05) is 42.5 Å². The highest BCUT2D eigenvalue weighted by molar-refractivity contribution is 5.84. The van der Waals surface area contributed by atoms with Gasteiger partial charge in [0.25, 0.3) is 0 Å². The van der Waals surface area contributed by atoms with Crippen LogP contribution in [-0.2, 0) is 13.0 Å².